The van der Waals surface area contributed by atoms with Crippen molar-refractivity contribution in [1.82, 2.24) is 9.97 Å². The lowest BCUT2D eigenvalue weighted by atomic mass is 10.4. The molecule has 2 rings (SSSR count). The summed E-state index contributed by atoms with van der Waals surface area (Å²) in [7, 11) is 1.61. The van der Waals surface area contributed by atoms with Crippen LogP contribution in [0.25, 0.3) is 10.9 Å². The fourth-order valence-electron chi connectivity index (χ4n) is 0.926. The summed E-state index contributed by atoms with van der Waals surface area (Å²) in [5.74, 6) is 0.649. The van der Waals surface area contributed by atoms with Crippen LogP contribution in [0.15, 0.2) is 17.1 Å². The molecule has 0 aliphatic heterocycles. The van der Waals surface area contributed by atoms with Crippen molar-refractivity contribution in [2.45, 2.75) is 0 Å². The van der Waals surface area contributed by atoms with Crippen LogP contribution in [0.4, 0.5) is 0 Å². The number of methoxy groups -OCH3 is 1. The number of aromatic nitrogens is 2. The van der Waals surface area contributed by atoms with E-state index < -0.39 is 0 Å². The molecule has 0 amide bonds. The lowest BCUT2D eigenvalue weighted by Crippen LogP contribution is -1.87. The van der Waals surface area contributed by atoms with Gasteiger partial charge in [0, 0.05) is 10.8 Å². The predicted octanol–water partition coefficient (Wildman–Crippen LogP) is 1.70. The van der Waals surface area contributed by atoms with Crippen LogP contribution in [0.3, 0.4) is 0 Å². The number of hydrogen-bond acceptors (Lipinski definition) is 4. The number of rotatable bonds is 1. The van der Waals surface area contributed by atoms with Crippen molar-refractivity contribution in [3.63, 3.8) is 0 Å². The van der Waals surface area contributed by atoms with Gasteiger partial charge in [0.05, 0.1) is 18.0 Å². The van der Waals surface area contributed by atoms with E-state index in [-0.39, 0.29) is 0 Å². The third-order valence-electron chi connectivity index (χ3n) is 1.44. The fraction of sp³-hybridized carbons (Fsp3) is 0.143. The van der Waals surface area contributed by atoms with Crippen LogP contribution in [0.2, 0.25) is 0 Å². The maximum atomic E-state index is 5.04. The molecule has 0 aliphatic carbocycles. The van der Waals surface area contributed by atoms with Crippen LogP contribution >= 0.6 is 11.3 Å². The highest BCUT2D eigenvalue weighted by molar-refractivity contribution is 7.09. The second-order valence-corrected chi connectivity index (χ2v) is 2.80. The Morgan fingerprint density at radius 1 is 1.36 bits per heavy atom. The monoisotopic (exact) mass is 166 g/mol. The molecular formula is C7H6N2OS. The molecule has 56 valence electrons. The summed E-state index contributed by atoms with van der Waals surface area (Å²) < 4.78 is 5.04. The zero-order chi connectivity index (χ0) is 7.68. The summed E-state index contributed by atoms with van der Waals surface area (Å²) in [6.07, 6.45) is 1.51. The smallest absolute Gasteiger partial charge is 0.225 e. The number of thiophene rings is 1. The lowest BCUT2D eigenvalue weighted by Gasteiger charge is -1.96. The van der Waals surface area contributed by atoms with Crippen molar-refractivity contribution in [2.24, 2.45) is 0 Å². The van der Waals surface area contributed by atoms with Crippen molar-refractivity contribution < 1.29 is 4.74 Å². The maximum absolute atomic E-state index is 5.04. The minimum Gasteiger partial charge on any atom is -0.480 e. The van der Waals surface area contributed by atoms with Gasteiger partial charge in [-0.2, -0.15) is 0 Å². The van der Waals surface area contributed by atoms with E-state index in [1.165, 1.54) is 6.33 Å². The van der Waals surface area contributed by atoms with Crippen LogP contribution in [0.1, 0.15) is 0 Å². The minimum absolute atomic E-state index is 0.649. The van der Waals surface area contributed by atoms with Gasteiger partial charge < -0.3 is 4.74 Å². The molecule has 3 nitrogen and oxygen atoms in total. The maximum Gasteiger partial charge on any atom is 0.225 e. The fourth-order valence-corrected chi connectivity index (χ4v) is 1.67. The molecule has 0 fully saturated rings. The summed E-state index contributed by atoms with van der Waals surface area (Å²) in [6, 6.07) is 0. The number of hydrogen-bond donors (Lipinski definition) is 0. The van der Waals surface area contributed by atoms with E-state index in [0.717, 1.165) is 10.9 Å². The standard InChI is InChI=1S/C7H6N2OS/c1-10-7-5-2-11-3-6(5)8-4-9-7/h2-4H,1H3. The Bertz CT molecular complexity index is 371. The number of nitrogens with zero attached hydrogens (tertiary/aromatic N) is 2. The first-order valence-corrected chi connectivity index (χ1v) is 4.07. The van der Waals surface area contributed by atoms with Gasteiger partial charge >= 0.3 is 0 Å². The molecule has 11 heavy (non-hydrogen) atoms. The molecule has 2 aromatic heterocycles. The van der Waals surface area contributed by atoms with Crippen LogP contribution in [-0.4, -0.2) is 17.1 Å². The minimum atomic E-state index is 0.649. The molecule has 0 aromatic carbocycles. The van der Waals surface area contributed by atoms with E-state index in [1.807, 2.05) is 10.8 Å². The van der Waals surface area contributed by atoms with Crippen LogP contribution < -0.4 is 4.74 Å². The molecule has 0 aliphatic rings. The van der Waals surface area contributed by atoms with E-state index >= 15 is 0 Å². The number of ether oxygens (including phenoxy) is 1. The largest absolute Gasteiger partial charge is 0.480 e. The van der Waals surface area contributed by atoms with Gasteiger partial charge in [-0.1, -0.05) is 0 Å². The Labute approximate surface area is 67.7 Å². The van der Waals surface area contributed by atoms with Gasteiger partial charge in [-0.15, -0.1) is 11.3 Å². The molecule has 0 saturated heterocycles. The van der Waals surface area contributed by atoms with Crippen molar-refractivity contribution in [2.75, 3.05) is 7.11 Å². The van der Waals surface area contributed by atoms with Crippen molar-refractivity contribution >= 4 is 22.2 Å². The van der Waals surface area contributed by atoms with E-state index in [4.69, 9.17) is 4.74 Å². The van der Waals surface area contributed by atoms with E-state index in [1.54, 1.807) is 18.4 Å². The van der Waals surface area contributed by atoms with Gasteiger partial charge in [0.15, 0.2) is 0 Å². The SMILES string of the molecule is COc1ncnc2cscc12. The molecule has 0 bridgehead atoms. The molecule has 0 N–H and O–H groups in total. The molecule has 0 atom stereocenters. The van der Waals surface area contributed by atoms with Gasteiger partial charge in [0.1, 0.15) is 6.33 Å². The number of fused-ring (bicyclic) bond motifs is 1. The Hall–Kier alpha value is -1.16. The Morgan fingerprint density at radius 2 is 2.27 bits per heavy atom. The molecular weight excluding hydrogens is 160 g/mol. The summed E-state index contributed by atoms with van der Waals surface area (Å²) in [5, 5.41) is 4.94. The van der Waals surface area contributed by atoms with Crippen LogP contribution in [0, 0.1) is 0 Å². The predicted molar refractivity (Wildman–Crippen MR) is 44.0 cm³/mol. The first-order chi connectivity index (χ1) is 5.42. The van der Waals surface area contributed by atoms with E-state index in [2.05, 4.69) is 9.97 Å². The van der Waals surface area contributed by atoms with Crippen molar-refractivity contribution in [3.8, 4) is 5.88 Å². The first-order valence-electron chi connectivity index (χ1n) is 3.12. The molecule has 0 saturated carbocycles. The molecule has 0 spiro atoms. The van der Waals surface area contributed by atoms with Crippen LogP contribution in [0.5, 0.6) is 5.88 Å². The van der Waals surface area contributed by atoms with Gasteiger partial charge in [0.25, 0.3) is 0 Å². The molecule has 2 heterocycles. The van der Waals surface area contributed by atoms with Crippen molar-refractivity contribution in [1.29, 1.82) is 0 Å². The average Bonchev–Trinajstić information content (AvgIpc) is 2.50. The van der Waals surface area contributed by atoms with Crippen molar-refractivity contribution in [3.05, 3.63) is 17.1 Å². The van der Waals surface area contributed by atoms with E-state index in [0.29, 0.717) is 5.88 Å². The van der Waals surface area contributed by atoms with Gasteiger partial charge in [0.2, 0.25) is 5.88 Å². The summed E-state index contributed by atoms with van der Waals surface area (Å²) >= 11 is 1.60. The molecule has 4 heteroatoms. The highest BCUT2D eigenvalue weighted by Gasteiger charge is 2.02. The normalized spacial score (nSPS) is 10.3. The Balaban J connectivity index is 2.79. The third kappa shape index (κ3) is 0.952. The quantitative estimate of drug-likeness (QED) is 0.646. The lowest BCUT2D eigenvalue weighted by molar-refractivity contribution is 0.403. The topological polar surface area (TPSA) is 35.0 Å². The highest BCUT2D eigenvalue weighted by atomic mass is 32.1. The average molecular weight is 166 g/mol. The van der Waals surface area contributed by atoms with E-state index in [9.17, 15) is 0 Å². The second kappa shape index (κ2) is 2.47. The van der Waals surface area contributed by atoms with Crippen LogP contribution in [-0.2, 0) is 0 Å². The molecule has 0 radical (unpaired) electrons. The zero-order valence-corrected chi connectivity index (χ0v) is 6.76. The highest BCUT2D eigenvalue weighted by Crippen LogP contribution is 2.23. The molecule has 0 unspecified atom stereocenters. The second-order valence-electron chi connectivity index (χ2n) is 2.05. The summed E-state index contributed by atoms with van der Waals surface area (Å²) in [4.78, 5) is 8.04. The Kier molecular flexibility index (Phi) is 1.47. The summed E-state index contributed by atoms with van der Waals surface area (Å²) in [5.41, 5.74) is 0.946. The Morgan fingerprint density at radius 3 is 3.09 bits per heavy atom. The summed E-state index contributed by atoms with van der Waals surface area (Å²) in [6.45, 7) is 0. The molecule has 2 aromatic rings. The first kappa shape index (κ1) is 6.54. The van der Waals surface area contributed by atoms with Gasteiger partial charge in [-0.05, 0) is 0 Å². The zero-order valence-electron chi connectivity index (χ0n) is 5.94. The third-order valence-corrected chi connectivity index (χ3v) is 2.17. The van der Waals surface area contributed by atoms with Gasteiger partial charge in [-0.3, -0.25) is 0 Å². The van der Waals surface area contributed by atoms with Gasteiger partial charge in [-0.25, -0.2) is 9.97 Å².